The zero-order valence-corrected chi connectivity index (χ0v) is 12.1. The topological polar surface area (TPSA) is 63.8 Å². The van der Waals surface area contributed by atoms with Gasteiger partial charge in [-0.15, -0.1) is 0 Å². The molecule has 3 N–H and O–H groups in total. The molecule has 0 unspecified atom stereocenters. The molecule has 0 amide bonds. The number of rotatable bonds is 3. The third-order valence-corrected chi connectivity index (χ3v) is 4.40. The van der Waals surface area contributed by atoms with Crippen LogP contribution in [0.1, 0.15) is 12.8 Å². The molecular weight excluding hydrogens is 268 g/mol. The summed E-state index contributed by atoms with van der Waals surface area (Å²) >= 11 is 2.01. The molecule has 2 heterocycles. The van der Waals surface area contributed by atoms with Crippen LogP contribution in [0.5, 0.6) is 0 Å². The molecule has 1 fully saturated rings. The summed E-state index contributed by atoms with van der Waals surface area (Å²) in [7, 11) is 0. The zero-order valence-electron chi connectivity index (χ0n) is 11.2. The lowest BCUT2D eigenvalue weighted by Gasteiger charge is -2.23. The SMILES string of the molecule is Nc1cc(NC2CCSCC2)nc(-c2ccccc2)n1. The lowest BCUT2D eigenvalue weighted by molar-refractivity contribution is 0.663. The van der Waals surface area contributed by atoms with Gasteiger partial charge in [0.1, 0.15) is 11.6 Å². The van der Waals surface area contributed by atoms with E-state index in [0.717, 1.165) is 11.4 Å². The molecular formula is C15H18N4S. The van der Waals surface area contributed by atoms with E-state index < -0.39 is 0 Å². The maximum atomic E-state index is 5.91. The van der Waals surface area contributed by atoms with Crippen molar-refractivity contribution in [3.05, 3.63) is 36.4 Å². The van der Waals surface area contributed by atoms with Gasteiger partial charge in [0, 0.05) is 17.7 Å². The van der Waals surface area contributed by atoms with Gasteiger partial charge in [0.05, 0.1) is 0 Å². The van der Waals surface area contributed by atoms with Gasteiger partial charge in [-0.05, 0) is 24.3 Å². The summed E-state index contributed by atoms with van der Waals surface area (Å²) in [5.74, 6) is 4.44. The van der Waals surface area contributed by atoms with Crippen LogP contribution in [0, 0.1) is 0 Å². The molecule has 0 atom stereocenters. The van der Waals surface area contributed by atoms with E-state index in [0.29, 0.717) is 17.7 Å². The molecule has 20 heavy (non-hydrogen) atoms. The number of nitrogens with zero attached hydrogens (tertiary/aromatic N) is 2. The Balaban J connectivity index is 1.83. The number of benzene rings is 1. The summed E-state index contributed by atoms with van der Waals surface area (Å²) in [4.78, 5) is 8.91. The van der Waals surface area contributed by atoms with E-state index >= 15 is 0 Å². The molecule has 0 radical (unpaired) electrons. The second kappa shape index (κ2) is 6.13. The maximum absolute atomic E-state index is 5.91. The lowest BCUT2D eigenvalue weighted by atomic mass is 10.1. The number of hydrogen-bond acceptors (Lipinski definition) is 5. The largest absolute Gasteiger partial charge is 0.384 e. The molecule has 0 aliphatic carbocycles. The first-order valence-electron chi connectivity index (χ1n) is 6.85. The lowest BCUT2D eigenvalue weighted by Crippen LogP contribution is -2.25. The Hall–Kier alpha value is -1.75. The average Bonchev–Trinajstić information content (AvgIpc) is 2.49. The Labute approximate surface area is 123 Å². The van der Waals surface area contributed by atoms with Crippen molar-refractivity contribution in [1.29, 1.82) is 0 Å². The van der Waals surface area contributed by atoms with Gasteiger partial charge in [0.25, 0.3) is 0 Å². The fourth-order valence-corrected chi connectivity index (χ4v) is 3.41. The highest BCUT2D eigenvalue weighted by Crippen LogP contribution is 2.23. The molecule has 1 aromatic carbocycles. The van der Waals surface area contributed by atoms with Gasteiger partial charge in [-0.25, -0.2) is 9.97 Å². The number of hydrogen-bond donors (Lipinski definition) is 2. The van der Waals surface area contributed by atoms with Crippen LogP contribution in [0.2, 0.25) is 0 Å². The predicted octanol–water partition coefficient (Wildman–Crippen LogP) is 3.03. The maximum Gasteiger partial charge on any atom is 0.163 e. The van der Waals surface area contributed by atoms with Crippen molar-refractivity contribution in [2.24, 2.45) is 0 Å². The van der Waals surface area contributed by atoms with Crippen LogP contribution in [-0.2, 0) is 0 Å². The Morgan fingerprint density at radius 3 is 2.60 bits per heavy atom. The second-order valence-electron chi connectivity index (χ2n) is 4.90. The highest BCUT2D eigenvalue weighted by atomic mass is 32.2. The van der Waals surface area contributed by atoms with Crippen LogP contribution in [-0.4, -0.2) is 27.5 Å². The third-order valence-electron chi connectivity index (χ3n) is 3.35. The number of nitrogen functional groups attached to an aromatic ring is 1. The number of thioether (sulfide) groups is 1. The molecule has 2 aromatic rings. The first-order chi connectivity index (χ1) is 9.81. The molecule has 1 saturated heterocycles. The summed E-state index contributed by atoms with van der Waals surface area (Å²) in [5, 5.41) is 3.49. The molecule has 5 heteroatoms. The number of anilines is 2. The van der Waals surface area contributed by atoms with Gasteiger partial charge in [0.2, 0.25) is 0 Å². The van der Waals surface area contributed by atoms with Crippen LogP contribution in [0.4, 0.5) is 11.6 Å². The molecule has 0 spiro atoms. The second-order valence-corrected chi connectivity index (χ2v) is 6.12. The Bertz CT molecular complexity index is 567. The van der Waals surface area contributed by atoms with Gasteiger partial charge < -0.3 is 11.1 Å². The molecule has 1 aliphatic heterocycles. The van der Waals surface area contributed by atoms with Gasteiger partial charge in [-0.2, -0.15) is 11.8 Å². The van der Waals surface area contributed by atoms with Crippen molar-refractivity contribution in [1.82, 2.24) is 9.97 Å². The van der Waals surface area contributed by atoms with E-state index in [1.165, 1.54) is 24.3 Å². The minimum Gasteiger partial charge on any atom is -0.384 e. The fraction of sp³-hybridized carbons (Fsp3) is 0.333. The van der Waals surface area contributed by atoms with Crippen LogP contribution in [0.25, 0.3) is 11.4 Å². The van der Waals surface area contributed by atoms with E-state index in [1.807, 2.05) is 48.2 Å². The summed E-state index contributed by atoms with van der Waals surface area (Å²) in [6.45, 7) is 0. The van der Waals surface area contributed by atoms with Gasteiger partial charge in [-0.1, -0.05) is 30.3 Å². The fourth-order valence-electron chi connectivity index (χ4n) is 2.31. The van der Waals surface area contributed by atoms with Crippen LogP contribution in [0.15, 0.2) is 36.4 Å². The smallest absolute Gasteiger partial charge is 0.163 e. The number of aromatic nitrogens is 2. The molecule has 1 aliphatic rings. The summed E-state index contributed by atoms with van der Waals surface area (Å²) in [6, 6.07) is 12.2. The minimum absolute atomic E-state index is 0.495. The van der Waals surface area contributed by atoms with Crippen LogP contribution >= 0.6 is 11.8 Å². The molecule has 1 aromatic heterocycles. The van der Waals surface area contributed by atoms with E-state index in [4.69, 9.17) is 5.73 Å². The van der Waals surface area contributed by atoms with Gasteiger partial charge >= 0.3 is 0 Å². The normalized spacial score (nSPS) is 16.0. The first kappa shape index (κ1) is 13.2. The zero-order chi connectivity index (χ0) is 13.8. The predicted molar refractivity (Wildman–Crippen MR) is 85.9 cm³/mol. The van der Waals surface area contributed by atoms with E-state index in [2.05, 4.69) is 15.3 Å². The molecule has 4 nitrogen and oxygen atoms in total. The average molecular weight is 286 g/mol. The van der Waals surface area contributed by atoms with E-state index in [1.54, 1.807) is 0 Å². The minimum atomic E-state index is 0.495. The standard InChI is InChI=1S/C15H18N4S/c16-13-10-14(17-12-6-8-20-9-7-12)19-15(18-13)11-4-2-1-3-5-11/h1-5,10,12H,6-9H2,(H3,16,17,18,19). The Kier molecular flexibility index (Phi) is 4.06. The molecule has 0 saturated carbocycles. The van der Waals surface area contributed by atoms with Crippen LogP contribution in [0.3, 0.4) is 0 Å². The number of nitrogens with two attached hydrogens (primary N) is 1. The van der Waals surface area contributed by atoms with Crippen molar-refractivity contribution in [2.45, 2.75) is 18.9 Å². The van der Waals surface area contributed by atoms with Crippen molar-refractivity contribution < 1.29 is 0 Å². The molecule has 104 valence electrons. The van der Waals surface area contributed by atoms with Crippen molar-refractivity contribution >= 4 is 23.4 Å². The Morgan fingerprint density at radius 1 is 1.10 bits per heavy atom. The monoisotopic (exact) mass is 286 g/mol. The van der Waals surface area contributed by atoms with E-state index in [-0.39, 0.29) is 0 Å². The van der Waals surface area contributed by atoms with E-state index in [9.17, 15) is 0 Å². The van der Waals surface area contributed by atoms with Crippen molar-refractivity contribution in [2.75, 3.05) is 22.6 Å². The molecule has 0 bridgehead atoms. The summed E-state index contributed by atoms with van der Waals surface area (Å²) in [6.07, 6.45) is 2.35. The third kappa shape index (κ3) is 3.22. The highest BCUT2D eigenvalue weighted by Gasteiger charge is 2.14. The summed E-state index contributed by atoms with van der Waals surface area (Å²) in [5.41, 5.74) is 6.89. The van der Waals surface area contributed by atoms with Crippen molar-refractivity contribution in [3.8, 4) is 11.4 Å². The first-order valence-corrected chi connectivity index (χ1v) is 8.01. The number of nitrogens with one attached hydrogen (secondary N) is 1. The Morgan fingerprint density at radius 2 is 1.85 bits per heavy atom. The molecule has 3 rings (SSSR count). The van der Waals surface area contributed by atoms with Gasteiger partial charge in [0.15, 0.2) is 5.82 Å². The quantitative estimate of drug-likeness (QED) is 0.908. The summed E-state index contributed by atoms with van der Waals surface area (Å²) < 4.78 is 0. The van der Waals surface area contributed by atoms with Crippen LogP contribution < -0.4 is 11.1 Å². The van der Waals surface area contributed by atoms with Crippen molar-refractivity contribution in [3.63, 3.8) is 0 Å². The highest BCUT2D eigenvalue weighted by molar-refractivity contribution is 7.99. The van der Waals surface area contributed by atoms with Gasteiger partial charge in [-0.3, -0.25) is 0 Å².